The fraction of sp³-hybridized carbons (Fsp3) is 0.250. The van der Waals surface area contributed by atoms with E-state index in [1.54, 1.807) is 6.20 Å². The number of aryl methyl sites for hydroxylation is 2. The first kappa shape index (κ1) is 12.7. The molecular formula is C16H16N2O2. The van der Waals surface area contributed by atoms with E-state index in [1.807, 2.05) is 12.3 Å². The predicted molar refractivity (Wildman–Crippen MR) is 78.8 cm³/mol. The molecule has 102 valence electrons. The SMILES string of the molecule is Cn1c2ccncc2c2cc(CCCC(=O)O)ccc21. The Bertz CT molecular complexity index is 790. The molecule has 2 heterocycles. The number of hydrogen-bond donors (Lipinski definition) is 1. The number of benzene rings is 1. The second kappa shape index (κ2) is 4.96. The van der Waals surface area contributed by atoms with Gasteiger partial charge in [-0.1, -0.05) is 6.07 Å². The Morgan fingerprint density at radius 3 is 2.85 bits per heavy atom. The summed E-state index contributed by atoms with van der Waals surface area (Å²) in [6.07, 6.45) is 5.37. The molecule has 3 rings (SSSR count). The molecular weight excluding hydrogens is 252 g/mol. The van der Waals surface area contributed by atoms with E-state index in [0.29, 0.717) is 6.42 Å². The van der Waals surface area contributed by atoms with Gasteiger partial charge >= 0.3 is 5.97 Å². The van der Waals surface area contributed by atoms with Gasteiger partial charge in [0.05, 0.1) is 5.52 Å². The van der Waals surface area contributed by atoms with Crippen LogP contribution in [0.5, 0.6) is 0 Å². The molecule has 0 bridgehead atoms. The maximum atomic E-state index is 10.6. The topological polar surface area (TPSA) is 55.1 Å². The summed E-state index contributed by atoms with van der Waals surface area (Å²) < 4.78 is 2.16. The van der Waals surface area contributed by atoms with Crippen LogP contribution in [0.4, 0.5) is 0 Å². The van der Waals surface area contributed by atoms with Crippen molar-refractivity contribution in [3.05, 3.63) is 42.2 Å². The third kappa shape index (κ3) is 2.13. The average Bonchev–Trinajstić information content (AvgIpc) is 2.73. The molecule has 3 aromatic rings. The van der Waals surface area contributed by atoms with E-state index in [9.17, 15) is 4.79 Å². The van der Waals surface area contributed by atoms with Crippen LogP contribution in [0, 0.1) is 0 Å². The van der Waals surface area contributed by atoms with E-state index in [1.165, 1.54) is 16.5 Å². The Labute approximate surface area is 116 Å². The van der Waals surface area contributed by atoms with Crippen molar-refractivity contribution in [2.24, 2.45) is 7.05 Å². The van der Waals surface area contributed by atoms with E-state index in [2.05, 4.69) is 34.8 Å². The second-order valence-corrected chi connectivity index (χ2v) is 5.05. The summed E-state index contributed by atoms with van der Waals surface area (Å²) >= 11 is 0. The highest BCUT2D eigenvalue weighted by Crippen LogP contribution is 2.28. The van der Waals surface area contributed by atoms with Gasteiger partial charge in [-0.2, -0.15) is 0 Å². The van der Waals surface area contributed by atoms with Gasteiger partial charge in [-0.05, 0) is 36.6 Å². The summed E-state index contributed by atoms with van der Waals surface area (Å²) in [6, 6.07) is 8.35. The zero-order chi connectivity index (χ0) is 14.1. The molecule has 1 aromatic carbocycles. The van der Waals surface area contributed by atoms with Gasteiger partial charge < -0.3 is 9.67 Å². The first-order valence-electron chi connectivity index (χ1n) is 6.69. The zero-order valence-electron chi connectivity index (χ0n) is 11.3. The number of carboxylic acid groups (broad SMARTS) is 1. The third-order valence-corrected chi connectivity index (χ3v) is 3.73. The first-order valence-corrected chi connectivity index (χ1v) is 6.69. The van der Waals surface area contributed by atoms with Crippen LogP contribution in [0.3, 0.4) is 0 Å². The normalized spacial score (nSPS) is 11.2. The van der Waals surface area contributed by atoms with Crippen LogP contribution in [0.1, 0.15) is 18.4 Å². The van der Waals surface area contributed by atoms with Crippen LogP contribution < -0.4 is 0 Å². The smallest absolute Gasteiger partial charge is 0.303 e. The summed E-state index contributed by atoms with van der Waals surface area (Å²) in [6.45, 7) is 0. The molecule has 0 aliphatic heterocycles. The Morgan fingerprint density at radius 1 is 1.25 bits per heavy atom. The van der Waals surface area contributed by atoms with Crippen molar-refractivity contribution in [3.63, 3.8) is 0 Å². The number of aliphatic carboxylic acids is 1. The number of hydrogen-bond acceptors (Lipinski definition) is 2. The fourth-order valence-corrected chi connectivity index (χ4v) is 2.71. The number of pyridine rings is 1. The van der Waals surface area contributed by atoms with Crippen LogP contribution >= 0.6 is 0 Å². The lowest BCUT2D eigenvalue weighted by Gasteiger charge is -2.02. The van der Waals surface area contributed by atoms with Gasteiger partial charge in [0.1, 0.15) is 0 Å². The number of aromatic nitrogens is 2. The van der Waals surface area contributed by atoms with Crippen molar-refractivity contribution in [2.45, 2.75) is 19.3 Å². The van der Waals surface area contributed by atoms with Crippen molar-refractivity contribution >= 4 is 27.8 Å². The molecule has 0 aliphatic rings. The highest BCUT2D eigenvalue weighted by Gasteiger charge is 2.08. The molecule has 4 heteroatoms. The van der Waals surface area contributed by atoms with Gasteiger partial charge in [-0.25, -0.2) is 0 Å². The lowest BCUT2D eigenvalue weighted by Crippen LogP contribution is -1.95. The predicted octanol–water partition coefficient (Wildman–Crippen LogP) is 3.13. The van der Waals surface area contributed by atoms with Gasteiger partial charge in [-0.15, -0.1) is 0 Å². The number of nitrogens with zero attached hydrogens (tertiary/aromatic N) is 2. The molecule has 0 radical (unpaired) electrons. The van der Waals surface area contributed by atoms with Crippen molar-refractivity contribution in [1.29, 1.82) is 0 Å². The number of fused-ring (bicyclic) bond motifs is 3. The van der Waals surface area contributed by atoms with Crippen molar-refractivity contribution in [1.82, 2.24) is 9.55 Å². The lowest BCUT2D eigenvalue weighted by molar-refractivity contribution is -0.137. The van der Waals surface area contributed by atoms with E-state index in [4.69, 9.17) is 5.11 Å². The number of carbonyl (C=O) groups is 1. The molecule has 0 aliphatic carbocycles. The largest absolute Gasteiger partial charge is 0.481 e. The molecule has 0 unspecified atom stereocenters. The summed E-state index contributed by atoms with van der Waals surface area (Å²) in [5, 5.41) is 11.0. The van der Waals surface area contributed by atoms with Crippen LogP contribution in [-0.4, -0.2) is 20.6 Å². The molecule has 0 saturated heterocycles. The van der Waals surface area contributed by atoms with Crippen LogP contribution in [0.25, 0.3) is 21.8 Å². The molecule has 0 fully saturated rings. The molecule has 1 N–H and O–H groups in total. The minimum absolute atomic E-state index is 0.217. The first-order chi connectivity index (χ1) is 9.66. The standard InChI is InChI=1S/C16H16N2O2/c1-18-14-6-5-11(3-2-4-16(19)20)9-12(14)13-10-17-8-7-15(13)18/h5-10H,2-4H2,1H3,(H,19,20). The highest BCUT2D eigenvalue weighted by atomic mass is 16.4. The molecule has 0 saturated carbocycles. The van der Waals surface area contributed by atoms with E-state index >= 15 is 0 Å². The summed E-state index contributed by atoms with van der Waals surface area (Å²) in [7, 11) is 2.05. The zero-order valence-corrected chi connectivity index (χ0v) is 11.3. The Morgan fingerprint density at radius 2 is 2.05 bits per heavy atom. The average molecular weight is 268 g/mol. The van der Waals surface area contributed by atoms with Crippen molar-refractivity contribution in [3.8, 4) is 0 Å². The summed E-state index contributed by atoms with van der Waals surface area (Å²) in [5.74, 6) is -0.736. The van der Waals surface area contributed by atoms with Gasteiger partial charge in [-0.3, -0.25) is 9.78 Å². The Balaban J connectivity index is 2.02. The number of carboxylic acids is 1. The second-order valence-electron chi connectivity index (χ2n) is 5.05. The third-order valence-electron chi connectivity index (χ3n) is 3.73. The maximum Gasteiger partial charge on any atom is 0.303 e. The Hall–Kier alpha value is -2.36. The van der Waals surface area contributed by atoms with Gasteiger partial charge in [0.15, 0.2) is 0 Å². The molecule has 2 aromatic heterocycles. The quantitative estimate of drug-likeness (QED) is 0.791. The van der Waals surface area contributed by atoms with Gasteiger partial charge in [0.25, 0.3) is 0 Å². The fourth-order valence-electron chi connectivity index (χ4n) is 2.71. The molecule has 0 atom stereocenters. The van der Waals surface area contributed by atoms with Gasteiger partial charge in [0, 0.05) is 42.2 Å². The lowest BCUT2D eigenvalue weighted by atomic mass is 10.1. The monoisotopic (exact) mass is 268 g/mol. The molecule has 4 nitrogen and oxygen atoms in total. The van der Waals surface area contributed by atoms with E-state index in [0.717, 1.165) is 17.3 Å². The molecule has 20 heavy (non-hydrogen) atoms. The maximum absolute atomic E-state index is 10.6. The molecule has 0 spiro atoms. The van der Waals surface area contributed by atoms with Crippen molar-refractivity contribution < 1.29 is 9.90 Å². The summed E-state index contributed by atoms with van der Waals surface area (Å²) in [4.78, 5) is 14.8. The van der Waals surface area contributed by atoms with Crippen LogP contribution in [0.15, 0.2) is 36.7 Å². The van der Waals surface area contributed by atoms with Gasteiger partial charge in [0.2, 0.25) is 0 Å². The van der Waals surface area contributed by atoms with E-state index in [-0.39, 0.29) is 6.42 Å². The minimum atomic E-state index is -0.736. The number of rotatable bonds is 4. The summed E-state index contributed by atoms with van der Waals surface area (Å²) in [5.41, 5.74) is 3.52. The van der Waals surface area contributed by atoms with Crippen LogP contribution in [0.2, 0.25) is 0 Å². The Kier molecular flexibility index (Phi) is 3.14. The van der Waals surface area contributed by atoms with Crippen LogP contribution in [-0.2, 0) is 18.3 Å². The van der Waals surface area contributed by atoms with Crippen molar-refractivity contribution in [2.75, 3.05) is 0 Å². The van der Waals surface area contributed by atoms with E-state index < -0.39 is 5.97 Å². The highest BCUT2D eigenvalue weighted by molar-refractivity contribution is 6.07. The molecule has 0 amide bonds. The minimum Gasteiger partial charge on any atom is -0.481 e.